The number of rotatable bonds is 2. The van der Waals surface area contributed by atoms with Crippen LogP contribution < -0.4 is 5.73 Å². The van der Waals surface area contributed by atoms with Crippen molar-refractivity contribution < 1.29 is 13.5 Å². The van der Waals surface area contributed by atoms with Crippen LogP contribution in [0.2, 0.25) is 0 Å². The van der Waals surface area contributed by atoms with E-state index >= 15 is 0 Å². The molecule has 7 heteroatoms. The number of hydrogen-bond donors (Lipinski definition) is 2. The summed E-state index contributed by atoms with van der Waals surface area (Å²) in [5, 5.41) is 9.39. The number of benzene rings is 1. The highest BCUT2D eigenvalue weighted by Gasteiger charge is 2.32. The largest absolute Gasteiger partial charge is 0.399 e. The van der Waals surface area contributed by atoms with Gasteiger partial charge in [-0.25, -0.2) is 8.42 Å². The number of hydrogen-bond acceptors (Lipinski definition) is 4. The number of β-amino-alcohol motifs (C(OH)–C–C–N with tert-alkyl or cyclic N) is 1. The Morgan fingerprint density at radius 3 is 2.76 bits per heavy atom. The normalized spacial score (nSPS) is 21.9. The number of nitrogens with zero attached hydrogens (tertiary/aromatic N) is 1. The summed E-state index contributed by atoms with van der Waals surface area (Å²) in [6.45, 7) is 0.480. The molecule has 5 nitrogen and oxygen atoms in total. The van der Waals surface area contributed by atoms with Gasteiger partial charge in [-0.1, -0.05) is 0 Å². The smallest absolute Gasteiger partial charge is 0.244 e. The first-order chi connectivity index (χ1) is 7.91. The van der Waals surface area contributed by atoms with Crippen molar-refractivity contribution in [2.75, 3.05) is 18.8 Å². The molecule has 94 valence electrons. The molecule has 0 unspecified atom stereocenters. The average Bonchev–Trinajstić information content (AvgIpc) is 2.69. The average molecular weight is 321 g/mol. The molecule has 1 aliphatic rings. The highest BCUT2D eigenvalue weighted by Crippen LogP contribution is 2.29. The number of aliphatic hydroxyl groups excluding tert-OH is 1. The Balaban J connectivity index is 2.41. The fourth-order valence-electron chi connectivity index (χ4n) is 1.79. The Kier molecular flexibility index (Phi) is 3.44. The summed E-state index contributed by atoms with van der Waals surface area (Å²) in [5.74, 6) is 0. The van der Waals surface area contributed by atoms with Crippen LogP contribution in [0.15, 0.2) is 27.6 Å². The second-order valence-electron chi connectivity index (χ2n) is 4.00. The van der Waals surface area contributed by atoms with Gasteiger partial charge in [0.1, 0.15) is 0 Å². The third-order valence-electron chi connectivity index (χ3n) is 2.70. The predicted molar refractivity (Wildman–Crippen MR) is 67.9 cm³/mol. The van der Waals surface area contributed by atoms with Crippen molar-refractivity contribution in [1.29, 1.82) is 0 Å². The minimum atomic E-state index is -3.58. The molecular formula is C10H13BrN2O3S. The second kappa shape index (κ2) is 4.56. The Labute approximate surface area is 108 Å². The van der Waals surface area contributed by atoms with E-state index in [1.165, 1.54) is 10.4 Å². The third kappa shape index (κ3) is 2.47. The Bertz CT molecular complexity index is 532. The first kappa shape index (κ1) is 12.8. The molecule has 3 N–H and O–H groups in total. The summed E-state index contributed by atoms with van der Waals surface area (Å²) in [4.78, 5) is 0.145. The van der Waals surface area contributed by atoms with Gasteiger partial charge in [0.2, 0.25) is 10.0 Å². The molecule has 1 aromatic carbocycles. The monoisotopic (exact) mass is 320 g/mol. The van der Waals surface area contributed by atoms with E-state index < -0.39 is 16.1 Å². The molecule has 0 spiro atoms. The van der Waals surface area contributed by atoms with Gasteiger partial charge in [0.15, 0.2) is 0 Å². The molecule has 1 aromatic rings. The molecule has 2 rings (SSSR count). The van der Waals surface area contributed by atoms with Crippen LogP contribution in [0, 0.1) is 0 Å². The number of sulfonamides is 1. The van der Waals surface area contributed by atoms with E-state index in [1.807, 2.05) is 0 Å². The topological polar surface area (TPSA) is 83.6 Å². The van der Waals surface area contributed by atoms with Gasteiger partial charge in [-0.3, -0.25) is 0 Å². The lowest BCUT2D eigenvalue weighted by Crippen LogP contribution is -2.30. The number of nitrogen functional groups attached to an aromatic ring is 1. The lowest BCUT2D eigenvalue weighted by molar-refractivity contribution is 0.189. The standard InChI is InChI=1S/C10H13BrN2O3S/c11-9-2-1-7(12)5-10(9)17(15,16)13-4-3-8(14)6-13/h1-2,5,8,14H,3-4,6,12H2/t8-/m1/s1. The summed E-state index contributed by atoms with van der Waals surface area (Å²) in [7, 11) is -3.58. The van der Waals surface area contributed by atoms with Crippen molar-refractivity contribution >= 4 is 31.6 Å². The van der Waals surface area contributed by atoms with Crippen LogP contribution in [0.25, 0.3) is 0 Å². The first-order valence-electron chi connectivity index (χ1n) is 5.14. The van der Waals surface area contributed by atoms with E-state index in [-0.39, 0.29) is 11.4 Å². The van der Waals surface area contributed by atoms with Gasteiger partial charge in [-0.05, 0) is 40.5 Å². The number of nitrogens with two attached hydrogens (primary N) is 1. The minimum absolute atomic E-state index is 0.142. The number of anilines is 1. The fourth-order valence-corrected chi connectivity index (χ4v) is 4.24. The van der Waals surface area contributed by atoms with Crippen LogP contribution in [0.3, 0.4) is 0 Å². The number of aliphatic hydroxyl groups is 1. The van der Waals surface area contributed by atoms with E-state index in [2.05, 4.69) is 15.9 Å². The molecule has 1 saturated heterocycles. The van der Waals surface area contributed by atoms with Gasteiger partial charge >= 0.3 is 0 Å². The SMILES string of the molecule is Nc1ccc(Br)c(S(=O)(=O)N2CC[C@@H](O)C2)c1. The van der Waals surface area contributed by atoms with Gasteiger partial charge < -0.3 is 10.8 Å². The Morgan fingerprint density at radius 1 is 1.47 bits per heavy atom. The van der Waals surface area contributed by atoms with Gasteiger partial charge in [0.25, 0.3) is 0 Å². The molecule has 0 aromatic heterocycles. The molecule has 1 heterocycles. The van der Waals surface area contributed by atoms with Crippen molar-refractivity contribution in [3.05, 3.63) is 22.7 Å². The van der Waals surface area contributed by atoms with Crippen molar-refractivity contribution in [1.82, 2.24) is 4.31 Å². The van der Waals surface area contributed by atoms with Crippen molar-refractivity contribution in [3.63, 3.8) is 0 Å². The van der Waals surface area contributed by atoms with Crippen LogP contribution in [0.1, 0.15) is 6.42 Å². The maximum Gasteiger partial charge on any atom is 0.244 e. The summed E-state index contributed by atoms with van der Waals surface area (Å²) < 4.78 is 26.3. The summed E-state index contributed by atoms with van der Waals surface area (Å²) >= 11 is 3.20. The lowest BCUT2D eigenvalue weighted by atomic mass is 10.3. The molecule has 1 fully saturated rings. The molecule has 1 aliphatic heterocycles. The quantitative estimate of drug-likeness (QED) is 0.789. The summed E-state index contributed by atoms with van der Waals surface area (Å²) in [5.41, 5.74) is 5.99. The molecule has 0 saturated carbocycles. The predicted octanol–water partition coefficient (Wildman–Crippen LogP) is 0.787. The van der Waals surface area contributed by atoms with Crippen molar-refractivity contribution in [2.24, 2.45) is 0 Å². The van der Waals surface area contributed by atoms with E-state index in [1.54, 1.807) is 12.1 Å². The van der Waals surface area contributed by atoms with Crippen LogP contribution in [0.4, 0.5) is 5.69 Å². The molecule has 1 atom stereocenters. The molecule has 0 bridgehead atoms. The summed E-state index contributed by atoms with van der Waals surface area (Å²) in [6, 6.07) is 4.65. The zero-order valence-electron chi connectivity index (χ0n) is 9.01. The van der Waals surface area contributed by atoms with Crippen LogP contribution in [0.5, 0.6) is 0 Å². The van der Waals surface area contributed by atoms with E-state index in [0.717, 1.165) is 0 Å². The van der Waals surface area contributed by atoms with Gasteiger partial charge in [0, 0.05) is 23.2 Å². The highest BCUT2D eigenvalue weighted by atomic mass is 79.9. The third-order valence-corrected chi connectivity index (χ3v) is 5.56. The van der Waals surface area contributed by atoms with Gasteiger partial charge in [0.05, 0.1) is 11.0 Å². The van der Waals surface area contributed by atoms with Crippen LogP contribution in [-0.2, 0) is 10.0 Å². The molecule has 0 aliphatic carbocycles. The second-order valence-corrected chi connectivity index (χ2v) is 6.76. The lowest BCUT2D eigenvalue weighted by Gasteiger charge is -2.17. The van der Waals surface area contributed by atoms with Crippen LogP contribution >= 0.6 is 15.9 Å². The van der Waals surface area contributed by atoms with E-state index in [9.17, 15) is 13.5 Å². The minimum Gasteiger partial charge on any atom is -0.399 e. The zero-order chi connectivity index (χ0) is 12.6. The first-order valence-corrected chi connectivity index (χ1v) is 7.38. The van der Waals surface area contributed by atoms with E-state index in [0.29, 0.717) is 23.1 Å². The fraction of sp³-hybridized carbons (Fsp3) is 0.400. The molecule has 17 heavy (non-hydrogen) atoms. The maximum absolute atomic E-state index is 12.3. The Morgan fingerprint density at radius 2 is 2.18 bits per heavy atom. The maximum atomic E-state index is 12.3. The number of halogens is 1. The molecule has 0 radical (unpaired) electrons. The zero-order valence-corrected chi connectivity index (χ0v) is 11.4. The van der Waals surface area contributed by atoms with Gasteiger partial charge in [-0.2, -0.15) is 4.31 Å². The molecule has 0 amide bonds. The summed E-state index contributed by atoms with van der Waals surface area (Å²) in [6.07, 6.45) is -0.108. The Hall–Kier alpha value is -0.630. The van der Waals surface area contributed by atoms with Crippen molar-refractivity contribution in [2.45, 2.75) is 17.4 Å². The molecular weight excluding hydrogens is 308 g/mol. The van der Waals surface area contributed by atoms with Gasteiger partial charge in [-0.15, -0.1) is 0 Å². The van der Waals surface area contributed by atoms with Crippen molar-refractivity contribution in [3.8, 4) is 0 Å². The van der Waals surface area contributed by atoms with E-state index in [4.69, 9.17) is 5.73 Å². The van der Waals surface area contributed by atoms with Crippen LogP contribution in [-0.4, -0.2) is 37.0 Å². The highest BCUT2D eigenvalue weighted by molar-refractivity contribution is 9.10.